The van der Waals surface area contributed by atoms with E-state index in [0.717, 1.165) is 11.6 Å². The predicted molar refractivity (Wildman–Crippen MR) is 78.0 cm³/mol. The number of aromatic nitrogens is 2. The molecule has 1 aliphatic carbocycles. The maximum absolute atomic E-state index is 12.0. The molecule has 1 heterocycles. The third kappa shape index (κ3) is 3.75. The number of aryl methyl sites for hydroxylation is 1. The number of hydrogen-bond donors (Lipinski definition) is 1. The van der Waals surface area contributed by atoms with Crippen molar-refractivity contribution in [1.29, 1.82) is 0 Å². The molecule has 0 saturated heterocycles. The van der Waals surface area contributed by atoms with Crippen LogP contribution in [-0.4, -0.2) is 27.3 Å². The lowest BCUT2D eigenvalue weighted by molar-refractivity contribution is -0.120. The summed E-state index contributed by atoms with van der Waals surface area (Å²) in [6, 6.07) is 0.346. The Bertz CT molecular complexity index is 432. The number of rotatable bonds is 4. The van der Waals surface area contributed by atoms with Crippen molar-refractivity contribution in [3.63, 3.8) is 0 Å². The van der Waals surface area contributed by atoms with Crippen molar-refractivity contribution in [3.8, 4) is 0 Å². The van der Waals surface area contributed by atoms with E-state index in [9.17, 15) is 4.79 Å². The van der Waals surface area contributed by atoms with Gasteiger partial charge in [0, 0.05) is 25.5 Å². The monoisotopic (exact) mass is 281 g/mol. The molecule has 1 fully saturated rings. The second-order valence-corrected chi connectivity index (χ2v) is 6.49. The first kappa shape index (κ1) is 14.4. The topological polar surface area (TPSA) is 46.9 Å². The van der Waals surface area contributed by atoms with Crippen molar-refractivity contribution in [2.75, 3.05) is 5.75 Å². The molecule has 2 rings (SSSR count). The standard InChI is InChI=1S/C14H23N3OS/c1-10-5-4-6-12(11(10)2)16-13(18)9-19-14-15-7-8-17(14)3/h7-8,10-12H,4-6,9H2,1-3H3,(H,16,18)/t10-,11+,12-/m1/s1. The van der Waals surface area contributed by atoms with E-state index in [4.69, 9.17) is 0 Å². The summed E-state index contributed by atoms with van der Waals surface area (Å²) in [7, 11) is 1.94. The number of carbonyl (C=O) groups is 1. The van der Waals surface area contributed by atoms with Gasteiger partial charge in [0.2, 0.25) is 5.91 Å². The fourth-order valence-electron chi connectivity index (χ4n) is 2.66. The Balaban J connectivity index is 1.79. The highest BCUT2D eigenvalue weighted by Gasteiger charge is 2.28. The second kappa shape index (κ2) is 6.46. The largest absolute Gasteiger partial charge is 0.352 e. The van der Waals surface area contributed by atoms with Crippen LogP contribution in [-0.2, 0) is 11.8 Å². The molecule has 0 radical (unpaired) electrons. The minimum absolute atomic E-state index is 0.124. The van der Waals surface area contributed by atoms with Crippen LogP contribution in [0.5, 0.6) is 0 Å². The van der Waals surface area contributed by atoms with Crippen molar-refractivity contribution in [3.05, 3.63) is 12.4 Å². The van der Waals surface area contributed by atoms with Crippen molar-refractivity contribution >= 4 is 17.7 Å². The zero-order chi connectivity index (χ0) is 13.8. The Morgan fingerprint density at radius 2 is 2.32 bits per heavy atom. The number of carbonyl (C=O) groups excluding carboxylic acids is 1. The molecule has 1 N–H and O–H groups in total. The number of amides is 1. The van der Waals surface area contributed by atoms with E-state index in [1.165, 1.54) is 24.6 Å². The number of hydrogen-bond acceptors (Lipinski definition) is 3. The van der Waals surface area contributed by atoms with E-state index in [1.807, 2.05) is 17.8 Å². The van der Waals surface area contributed by atoms with Crippen molar-refractivity contribution < 1.29 is 4.79 Å². The normalized spacial score (nSPS) is 27.2. The molecule has 0 unspecified atom stereocenters. The van der Waals surface area contributed by atoms with Crippen molar-refractivity contribution in [2.45, 2.75) is 44.3 Å². The lowest BCUT2D eigenvalue weighted by atomic mass is 9.78. The molecule has 1 aliphatic rings. The summed E-state index contributed by atoms with van der Waals surface area (Å²) in [5.74, 6) is 1.86. The zero-order valence-corrected chi connectivity index (χ0v) is 12.7. The summed E-state index contributed by atoms with van der Waals surface area (Å²) in [5.41, 5.74) is 0. The van der Waals surface area contributed by atoms with Crippen LogP contribution in [0.2, 0.25) is 0 Å². The van der Waals surface area contributed by atoms with Gasteiger partial charge in [-0.05, 0) is 18.3 Å². The van der Waals surface area contributed by atoms with E-state index in [-0.39, 0.29) is 5.91 Å². The second-order valence-electron chi connectivity index (χ2n) is 5.55. The molecule has 106 valence electrons. The average molecular weight is 281 g/mol. The third-order valence-corrected chi connectivity index (χ3v) is 5.22. The van der Waals surface area contributed by atoms with E-state index in [0.29, 0.717) is 23.6 Å². The summed E-state index contributed by atoms with van der Waals surface area (Å²) < 4.78 is 1.93. The summed E-state index contributed by atoms with van der Waals surface area (Å²) in [6.45, 7) is 4.53. The van der Waals surface area contributed by atoms with Crippen LogP contribution in [0.3, 0.4) is 0 Å². The minimum Gasteiger partial charge on any atom is -0.352 e. The molecule has 1 aromatic rings. The fourth-order valence-corrected chi connectivity index (χ4v) is 3.40. The van der Waals surface area contributed by atoms with Gasteiger partial charge in [-0.1, -0.05) is 38.5 Å². The van der Waals surface area contributed by atoms with Gasteiger partial charge in [-0.25, -0.2) is 4.98 Å². The molecule has 0 bridgehead atoms. The molecule has 1 aromatic heterocycles. The van der Waals surface area contributed by atoms with Gasteiger partial charge in [-0.3, -0.25) is 4.79 Å². The Morgan fingerprint density at radius 1 is 1.53 bits per heavy atom. The van der Waals surface area contributed by atoms with E-state index >= 15 is 0 Å². The van der Waals surface area contributed by atoms with Crippen molar-refractivity contribution in [1.82, 2.24) is 14.9 Å². The Morgan fingerprint density at radius 3 is 3.00 bits per heavy atom. The summed E-state index contributed by atoms with van der Waals surface area (Å²) in [5, 5.41) is 4.07. The molecule has 3 atom stereocenters. The summed E-state index contributed by atoms with van der Waals surface area (Å²) in [6.07, 6.45) is 7.28. The Kier molecular flexibility index (Phi) is 4.91. The SMILES string of the molecule is C[C@H]1[C@H](C)CCC[C@H]1NC(=O)CSc1nccn1C. The van der Waals surface area contributed by atoms with Gasteiger partial charge in [-0.2, -0.15) is 0 Å². The van der Waals surface area contributed by atoms with Gasteiger partial charge in [-0.15, -0.1) is 0 Å². The van der Waals surface area contributed by atoms with Gasteiger partial charge < -0.3 is 9.88 Å². The minimum atomic E-state index is 0.124. The van der Waals surface area contributed by atoms with Gasteiger partial charge >= 0.3 is 0 Å². The number of nitrogens with zero attached hydrogens (tertiary/aromatic N) is 2. The van der Waals surface area contributed by atoms with Crippen LogP contribution in [0.25, 0.3) is 0 Å². The first-order valence-corrected chi connectivity index (χ1v) is 7.96. The van der Waals surface area contributed by atoms with Gasteiger partial charge in [0.05, 0.1) is 5.75 Å². The smallest absolute Gasteiger partial charge is 0.230 e. The third-order valence-electron chi connectivity index (χ3n) is 4.16. The molecule has 19 heavy (non-hydrogen) atoms. The van der Waals surface area contributed by atoms with Gasteiger partial charge in [0.15, 0.2) is 5.16 Å². The molecule has 1 amide bonds. The van der Waals surface area contributed by atoms with Crippen LogP contribution < -0.4 is 5.32 Å². The molecule has 4 nitrogen and oxygen atoms in total. The summed E-state index contributed by atoms with van der Waals surface area (Å²) >= 11 is 1.49. The molecule has 5 heteroatoms. The quantitative estimate of drug-likeness (QED) is 0.862. The Hall–Kier alpha value is -0.970. The highest BCUT2D eigenvalue weighted by molar-refractivity contribution is 7.99. The first-order chi connectivity index (χ1) is 9.08. The van der Waals surface area contributed by atoms with Crippen LogP contribution >= 0.6 is 11.8 Å². The molecule has 0 spiro atoms. The molecule has 1 saturated carbocycles. The Labute approximate surface area is 119 Å². The van der Waals surface area contributed by atoms with Crippen LogP contribution in [0.1, 0.15) is 33.1 Å². The number of thioether (sulfide) groups is 1. The molecular weight excluding hydrogens is 258 g/mol. The van der Waals surface area contributed by atoms with Crippen LogP contribution in [0.4, 0.5) is 0 Å². The highest BCUT2D eigenvalue weighted by atomic mass is 32.2. The molecular formula is C14H23N3OS. The predicted octanol–water partition coefficient (Wildman–Crippen LogP) is 2.45. The lowest BCUT2D eigenvalue weighted by Crippen LogP contribution is -2.44. The van der Waals surface area contributed by atoms with Gasteiger partial charge in [0.1, 0.15) is 0 Å². The van der Waals surface area contributed by atoms with E-state index in [1.54, 1.807) is 6.20 Å². The average Bonchev–Trinajstić information content (AvgIpc) is 2.78. The van der Waals surface area contributed by atoms with Crippen molar-refractivity contribution in [2.24, 2.45) is 18.9 Å². The fraction of sp³-hybridized carbons (Fsp3) is 0.714. The van der Waals surface area contributed by atoms with E-state index in [2.05, 4.69) is 24.1 Å². The molecule has 0 aliphatic heterocycles. The van der Waals surface area contributed by atoms with Crippen LogP contribution in [0, 0.1) is 11.8 Å². The first-order valence-electron chi connectivity index (χ1n) is 6.97. The van der Waals surface area contributed by atoms with Crippen LogP contribution in [0.15, 0.2) is 17.6 Å². The number of imidazole rings is 1. The highest BCUT2D eigenvalue weighted by Crippen LogP contribution is 2.29. The summed E-state index contributed by atoms with van der Waals surface area (Å²) in [4.78, 5) is 16.2. The maximum atomic E-state index is 12.0. The number of nitrogens with one attached hydrogen (secondary N) is 1. The lowest BCUT2D eigenvalue weighted by Gasteiger charge is -2.34. The molecule has 0 aromatic carbocycles. The maximum Gasteiger partial charge on any atom is 0.230 e. The zero-order valence-electron chi connectivity index (χ0n) is 11.9. The van der Waals surface area contributed by atoms with Gasteiger partial charge in [0.25, 0.3) is 0 Å². The van der Waals surface area contributed by atoms with E-state index < -0.39 is 0 Å².